The number of rotatable bonds is 1. The van der Waals surface area contributed by atoms with E-state index in [1.807, 2.05) is 6.08 Å². The van der Waals surface area contributed by atoms with Crippen LogP contribution in [-0.4, -0.2) is 17.4 Å². The molecule has 0 atom stereocenters. The average molecular weight is 292 g/mol. The van der Waals surface area contributed by atoms with Gasteiger partial charge in [-0.3, -0.25) is 9.78 Å². The molecule has 1 aliphatic heterocycles. The van der Waals surface area contributed by atoms with E-state index in [-0.39, 0.29) is 5.78 Å². The molecule has 0 aliphatic carbocycles. The van der Waals surface area contributed by atoms with E-state index in [1.54, 1.807) is 29.9 Å². The number of hydrogen-bond acceptors (Lipinski definition) is 4. The minimum Gasteiger partial charge on any atom is -0.492 e. The fourth-order valence-corrected chi connectivity index (χ4v) is 2.72. The Hall–Kier alpha value is -1.65. The van der Waals surface area contributed by atoms with Gasteiger partial charge in [0.05, 0.1) is 17.7 Å². The summed E-state index contributed by atoms with van der Waals surface area (Å²) in [7, 11) is 0. The summed E-state index contributed by atoms with van der Waals surface area (Å²) in [5.74, 6) is 0.575. The van der Waals surface area contributed by atoms with Crippen LogP contribution in [0.2, 0.25) is 5.02 Å². The number of benzene rings is 1. The predicted octanol–water partition coefficient (Wildman–Crippen LogP) is 3.85. The Morgan fingerprint density at radius 1 is 1.42 bits per heavy atom. The highest BCUT2D eigenvalue weighted by Crippen LogP contribution is 2.30. The summed E-state index contributed by atoms with van der Waals surface area (Å²) >= 11 is 7.45. The van der Waals surface area contributed by atoms with Crippen LogP contribution < -0.4 is 4.74 Å². The number of ketones is 1. The molecule has 19 heavy (non-hydrogen) atoms. The highest BCUT2D eigenvalue weighted by Gasteiger charge is 2.21. The Morgan fingerprint density at radius 2 is 2.32 bits per heavy atom. The first-order valence-corrected chi connectivity index (χ1v) is 7.06. The van der Waals surface area contributed by atoms with E-state index >= 15 is 0 Å². The molecular formula is C14H10ClNO2S. The Morgan fingerprint density at radius 3 is 3.11 bits per heavy atom. The van der Waals surface area contributed by atoms with E-state index in [0.29, 0.717) is 29.4 Å². The summed E-state index contributed by atoms with van der Waals surface area (Å²) in [4.78, 5) is 17.5. The van der Waals surface area contributed by atoms with Crippen molar-refractivity contribution < 1.29 is 9.53 Å². The monoisotopic (exact) mass is 291 g/mol. The molecule has 0 bridgehead atoms. The molecule has 5 heteroatoms. The standard InChI is InChI=1S/C14H10ClNO2S/c15-10-1-2-13-12(6-10)14(17)9(3-4-18-13)5-11-7-16-8-19-11/h1-2,5-8H,3-4H2/b9-5-. The molecule has 1 aromatic heterocycles. The van der Waals surface area contributed by atoms with Crippen LogP contribution >= 0.6 is 22.9 Å². The lowest BCUT2D eigenvalue weighted by Gasteiger charge is -2.05. The second-order valence-electron chi connectivity index (χ2n) is 4.14. The van der Waals surface area contributed by atoms with Gasteiger partial charge >= 0.3 is 0 Å². The maximum atomic E-state index is 12.5. The van der Waals surface area contributed by atoms with E-state index in [2.05, 4.69) is 4.98 Å². The lowest BCUT2D eigenvalue weighted by atomic mass is 10.0. The van der Waals surface area contributed by atoms with Crippen LogP contribution in [0.3, 0.4) is 0 Å². The third-order valence-electron chi connectivity index (χ3n) is 2.87. The van der Waals surface area contributed by atoms with Crippen LogP contribution in [0, 0.1) is 0 Å². The van der Waals surface area contributed by atoms with Crippen LogP contribution in [0.1, 0.15) is 21.7 Å². The van der Waals surface area contributed by atoms with E-state index in [0.717, 1.165) is 10.5 Å². The first-order valence-electron chi connectivity index (χ1n) is 5.80. The molecule has 0 spiro atoms. The zero-order valence-corrected chi connectivity index (χ0v) is 11.5. The molecule has 1 aromatic carbocycles. The van der Waals surface area contributed by atoms with Crippen LogP contribution in [0.15, 0.2) is 35.5 Å². The van der Waals surface area contributed by atoms with Gasteiger partial charge < -0.3 is 4.74 Å². The minimum absolute atomic E-state index is 0.0246. The van der Waals surface area contributed by atoms with Gasteiger partial charge in [0.2, 0.25) is 0 Å². The van der Waals surface area contributed by atoms with Crippen molar-refractivity contribution in [3.63, 3.8) is 0 Å². The highest BCUT2D eigenvalue weighted by atomic mass is 35.5. The summed E-state index contributed by atoms with van der Waals surface area (Å²) in [5, 5.41) is 0.537. The molecule has 1 aliphatic rings. The van der Waals surface area contributed by atoms with Gasteiger partial charge in [-0.1, -0.05) is 11.6 Å². The molecule has 0 radical (unpaired) electrons. The number of ether oxygens (including phenoxy) is 1. The van der Waals surface area contributed by atoms with Crippen molar-refractivity contribution in [3.05, 3.63) is 50.9 Å². The third kappa shape index (κ3) is 2.55. The molecule has 3 nitrogen and oxygen atoms in total. The molecule has 3 rings (SSSR count). The average Bonchev–Trinajstić information content (AvgIpc) is 2.86. The van der Waals surface area contributed by atoms with E-state index in [9.17, 15) is 4.79 Å². The smallest absolute Gasteiger partial charge is 0.192 e. The van der Waals surface area contributed by atoms with Gasteiger partial charge in [0.25, 0.3) is 0 Å². The lowest BCUT2D eigenvalue weighted by molar-refractivity contribution is 0.103. The Bertz CT molecular complexity index is 649. The zero-order valence-electron chi connectivity index (χ0n) is 9.93. The summed E-state index contributed by atoms with van der Waals surface area (Å²) in [5.41, 5.74) is 3.00. The van der Waals surface area contributed by atoms with Gasteiger partial charge in [0.1, 0.15) is 5.75 Å². The summed E-state index contributed by atoms with van der Waals surface area (Å²) in [6, 6.07) is 5.13. The van der Waals surface area contributed by atoms with Gasteiger partial charge in [-0.05, 0) is 24.3 Å². The van der Waals surface area contributed by atoms with E-state index in [4.69, 9.17) is 16.3 Å². The van der Waals surface area contributed by atoms with Crippen molar-refractivity contribution in [2.45, 2.75) is 6.42 Å². The molecule has 0 amide bonds. The van der Waals surface area contributed by atoms with Crippen LogP contribution in [0.5, 0.6) is 5.75 Å². The second kappa shape index (κ2) is 5.15. The number of thiazole rings is 1. The number of fused-ring (bicyclic) bond motifs is 1. The summed E-state index contributed by atoms with van der Waals surface area (Å²) in [6.45, 7) is 0.491. The minimum atomic E-state index is -0.0246. The predicted molar refractivity (Wildman–Crippen MR) is 76.0 cm³/mol. The lowest BCUT2D eigenvalue weighted by Crippen LogP contribution is -2.01. The SMILES string of the molecule is O=C1/C(=C\c2cncs2)CCOc2ccc(Cl)cc21. The van der Waals surface area contributed by atoms with E-state index < -0.39 is 0 Å². The van der Waals surface area contributed by atoms with Gasteiger partial charge in [-0.15, -0.1) is 11.3 Å². The molecule has 0 fully saturated rings. The second-order valence-corrected chi connectivity index (χ2v) is 5.50. The maximum absolute atomic E-state index is 12.5. The molecule has 0 saturated carbocycles. The van der Waals surface area contributed by atoms with Crippen molar-refractivity contribution in [1.29, 1.82) is 0 Å². The zero-order chi connectivity index (χ0) is 13.2. The van der Waals surface area contributed by atoms with E-state index in [1.165, 1.54) is 11.3 Å². The van der Waals surface area contributed by atoms with Gasteiger partial charge in [0.15, 0.2) is 5.78 Å². The highest BCUT2D eigenvalue weighted by molar-refractivity contribution is 7.10. The fraction of sp³-hybridized carbons (Fsp3) is 0.143. The Balaban J connectivity index is 2.04. The molecule has 2 aromatic rings. The number of halogens is 1. The molecule has 96 valence electrons. The number of nitrogens with zero attached hydrogens (tertiary/aromatic N) is 1. The van der Waals surface area contributed by atoms with Crippen LogP contribution in [0.4, 0.5) is 0 Å². The number of hydrogen-bond donors (Lipinski definition) is 0. The number of carbonyl (C=O) groups excluding carboxylic acids is 1. The number of Topliss-reactive ketones (excluding diaryl/α,β-unsaturated/α-hetero) is 1. The maximum Gasteiger partial charge on any atom is 0.192 e. The molecule has 0 N–H and O–H groups in total. The third-order valence-corrected chi connectivity index (χ3v) is 3.83. The van der Waals surface area contributed by atoms with Crippen molar-refractivity contribution in [2.75, 3.05) is 6.61 Å². The molecular weight excluding hydrogens is 282 g/mol. The van der Waals surface area contributed by atoms with Crippen LogP contribution in [0.25, 0.3) is 6.08 Å². The quantitative estimate of drug-likeness (QED) is 0.749. The van der Waals surface area contributed by atoms with Gasteiger partial charge in [-0.2, -0.15) is 0 Å². The normalized spacial score (nSPS) is 16.9. The number of aromatic nitrogens is 1. The summed E-state index contributed by atoms with van der Waals surface area (Å²) in [6.07, 6.45) is 4.21. The molecule has 0 unspecified atom stereocenters. The Kier molecular flexibility index (Phi) is 3.36. The van der Waals surface area contributed by atoms with Crippen molar-refractivity contribution in [2.24, 2.45) is 0 Å². The number of carbonyl (C=O) groups is 1. The van der Waals surface area contributed by atoms with Crippen molar-refractivity contribution >= 4 is 34.8 Å². The van der Waals surface area contributed by atoms with Crippen molar-refractivity contribution in [3.8, 4) is 5.75 Å². The first kappa shape index (κ1) is 12.4. The van der Waals surface area contributed by atoms with Crippen LogP contribution in [-0.2, 0) is 0 Å². The van der Waals surface area contributed by atoms with Gasteiger partial charge in [0, 0.05) is 28.1 Å². The largest absolute Gasteiger partial charge is 0.492 e. The molecule has 2 heterocycles. The first-order chi connectivity index (χ1) is 9.24. The fourth-order valence-electron chi connectivity index (χ4n) is 1.97. The topological polar surface area (TPSA) is 39.2 Å². The molecule has 0 saturated heterocycles. The Labute approximate surface area is 119 Å². The van der Waals surface area contributed by atoms with Crippen molar-refractivity contribution in [1.82, 2.24) is 4.98 Å². The summed E-state index contributed by atoms with van der Waals surface area (Å²) < 4.78 is 5.59. The van der Waals surface area contributed by atoms with Gasteiger partial charge in [-0.25, -0.2) is 0 Å².